The van der Waals surface area contributed by atoms with Crippen LogP contribution < -0.4 is 5.32 Å². The second-order valence-electron chi connectivity index (χ2n) is 8.30. The van der Waals surface area contributed by atoms with Crippen molar-refractivity contribution in [2.24, 2.45) is 0 Å². The van der Waals surface area contributed by atoms with Crippen LogP contribution in [0, 0.1) is 0 Å². The molecule has 4 aromatic rings. The lowest BCUT2D eigenvalue weighted by Crippen LogP contribution is -2.43. The van der Waals surface area contributed by atoms with Crippen molar-refractivity contribution in [3.63, 3.8) is 0 Å². The van der Waals surface area contributed by atoms with Crippen LogP contribution >= 0.6 is 0 Å². The molecule has 8 heteroatoms. The summed E-state index contributed by atoms with van der Waals surface area (Å²) in [6, 6.07) is 19.6. The number of furan rings is 1. The highest BCUT2D eigenvalue weighted by Gasteiger charge is 2.40. The van der Waals surface area contributed by atoms with Crippen molar-refractivity contribution in [3.05, 3.63) is 96.1 Å². The molecule has 1 aliphatic heterocycles. The van der Waals surface area contributed by atoms with E-state index >= 15 is 0 Å². The highest BCUT2D eigenvalue weighted by molar-refractivity contribution is 6.06. The molecule has 2 N–H and O–H groups in total. The Morgan fingerprint density at radius 3 is 2.56 bits per heavy atom. The number of hydrogen-bond donors (Lipinski definition) is 2. The van der Waals surface area contributed by atoms with E-state index in [1.54, 1.807) is 23.3 Å². The average molecular weight is 457 g/mol. The SMILES string of the molecule is O=C(CN1C(=O)N[C@@H](Cc2c[nH]c3ccccc23)C1=O)N(Cc1ccccc1)Cc1ccco1. The number of aromatic amines is 1. The molecule has 0 spiro atoms. The van der Waals surface area contributed by atoms with Gasteiger partial charge in [-0.05, 0) is 29.3 Å². The first kappa shape index (κ1) is 21.5. The number of hydrogen-bond acceptors (Lipinski definition) is 4. The molecule has 5 rings (SSSR count). The molecular weight excluding hydrogens is 432 g/mol. The standard InChI is InChI=1S/C26H24N4O4/c31-24(29(16-20-9-6-12-34-20)15-18-7-2-1-3-8-18)17-30-25(32)23(28-26(30)33)13-19-14-27-22-11-5-4-10-21(19)22/h1-12,14,23,27H,13,15-17H2,(H,28,33)/t23-/m0/s1. The van der Waals surface area contributed by atoms with E-state index in [-0.39, 0.29) is 19.0 Å². The maximum absolute atomic E-state index is 13.2. The van der Waals surface area contributed by atoms with Crippen LogP contribution in [0.2, 0.25) is 0 Å². The number of nitrogens with zero attached hydrogens (tertiary/aromatic N) is 2. The zero-order chi connectivity index (χ0) is 23.5. The summed E-state index contributed by atoms with van der Waals surface area (Å²) in [5.74, 6) is -0.114. The summed E-state index contributed by atoms with van der Waals surface area (Å²) >= 11 is 0. The predicted octanol–water partition coefficient (Wildman–Crippen LogP) is 3.45. The monoisotopic (exact) mass is 456 g/mol. The number of fused-ring (bicyclic) bond motifs is 1. The summed E-state index contributed by atoms with van der Waals surface area (Å²) < 4.78 is 5.42. The van der Waals surface area contributed by atoms with Gasteiger partial charge in [0.1, 0.15) is 18.3 Å². The highest BCUT2D eigenvalue weighted by Crippen LogP contribution is 2.21. The molecule has 34 heavy (non-hydrogen) atoms. The van der Waals surface area contributed by atoms with Gasteiger partial charge in [0.2, 0.25) is 5.91 Å². The van der Waals surface area contributed by atoms with Crippen molar-refractivity contribution < 1.29 is 18.8 Å². The van der Waals surface area contributed by atoms with Crippen LogP contribution in [0.3, 0.4) is 0 Å². The van der Waals surface area contributed by atoms with Crippen molar-refractivity contribution in [1.29, 1.82) is 0 Å². The number of imide groups is 1. The maximum atomic E-state index is 13.2. The third kappa shape index (κ3) is 4.43. The number of aromatic nitrogens is 1. The molecule has 0 unspecified atom stereocenters. The van der Waals surface area contributed by atoms with Crippen molar-refractivity contribution in [2.75, 3.05) is 6.54 Å². The quantitative estimate of drug-likeness (QED) is 0.397. The molecule has 3 heterocycles. The van der Waals surface area contributed by atoms with Gasteiger partial charge in [-0.2, -0.15) is 0 Å². The summed E-state index contributed by atoms with van der Waals surface area (Å²) in [5.41, 5.74) is 2.85. The molecule has 4 amide bonds. The predicted molar refractivity (Wildman–Crippen MR) is 125 cm³/mol. The largest absolute Gasteiger partial charge is 0.467 e. The number of amides is 4. The number of para-hydroxylation sites is 1. The molecule has 172 valence electrons. The third-order valence-electron chi connectivity index (χ3n) is 6.00. The Kier molecular flexibility index (Phi) is 5.86. The van der Waals surface area contributed by atoms with Gasteiger partial charge in [0.05, 0.1) is 12.8 Å². The summed E-state index contributed by atoms with van der Waals surface area (Å²) in [5, 5.41) is 3.74. The third-order valence-corrected chi connectivity index (χ3v) is 6.00. The Morgan fingerprint density at radius 2 is 1.76 bits per heavy atom. The maximum Gasteiger partial charge on any atom is 0.325 e. The van der Waals surface area contributed by atoms with E-state index in [2.05, 4.69) is 10.3 Å². The molecule has 0 radical (unpaired) electrons. The molecule has 0 aliphatic carbocycles. The zero-order valence-electron chi connectivity index (χ0n) is 18.4. The van der Waals surface area contributed by atoms with Crippen LogP contribution in [-0.4, -0.2) is 45.2 Å². The van der Waals surface area contributed by atoms with Gasteiger partial charge in [-0.15, -0.1) is 0 Å². The molecule has 2 aromatic carbocycles. The number of carbonyl (C=O) groups excluding carboxylic acids is 3. The molecular formula is C26H24N4O4. The minimum atomic E-state index is -0.716. The van der Waals surface area contributed by atoms with Crippen LogP contribution in [0.5, 0.6) is 0 Å². The number of carbonyl (C=O) groups is 3. The second-order valence-corrected chi connectivity index (χ2v) is 8.30. The van der Waals surface area contributed by atoms with Crippen molar-refractivity contribution in [1.82, 2.24) is 20.1 Å². The van der Waals surface area contributed by atoms with Gasteiger partial charge in [-0.25, -0.2) is 4.79 Å². The van der Waals surface area contributed by atoms with Gasteiger partial charge in [-0.3, -0.25) is 14.5 Å². The fraction of sp³-hybridized carbons (Fsp3) is 0.192. The molecule has 2 aromatic heterocycles. The van der Waals surface area contributed by atoms with Gasteiger partial charge in [0.25, 0.3) is 5.91 Å². The van der Waals surface area contributed by atoms with Gasteiger partial charge in [0, 0.05) is 30.1 Å². The van der Waals surface area contributed by atoms with E-state index in [9.17, 15) is 14.4 Å². The Hall–Kier alpha value is -4.33. The first-order valence-corrected chi connectivity index (χ1v) is 11.1. The van der Waals surface area contributed by atoms with Crippen LogP contribution in [0.15, 0.2) is 83.6 Å². The number of urea groups is 1. The van der Waals surface area contributed by atoms with Crippen LogP contribution in [0.25, 0.3) is 10.9 Å². The Balaban J connectivity index is 1.29. The van der Waals surface area contributed by atoms with E-state index in [1.807, 2.05) is 60.8 Å². The fourth-order valence-corrected chi connectivity index (χ4v) is 4.25. The first-order valence-electron chi connectivity index (χ1n) is 11.1. The van der Waals surface area contributed by atoms with E-state index in [0.29, 0.717) is 18.7 Å². The van der Waals surface area contributed by atoms with Crippen LogP contribution in [0.1, 0.15) is 16.9 Å². The lowest BCUT2D eigenvalue weighted by Gasteiger charge is -2.24. The molecule has 1 atom stereocenters. The molecule has 0 saturated carbocycles. The molecule has 1 fully saturated rings. The summed E-state index contributed by atoms with van der Waals surface area (Å²) in [4.78, 5) is 44.7. The molecule has 8 nitrogen and oxygen atoms in total. The average Bonchev–Trinajstić information content (AvgIpc) is 3.57. The minimum Gasteiger partial charge on any atom is -0.467 e. The summed E-state index contributed by atoms with van der Waals surface area (Å²) in [6.45, 7) is 0.245. The minimum absolute atomic E-state index is 0.239. The first-order chi connectivity index (χ1) is 16.6. The Bertz CT molecular complexity index is 1310. The molecule has 0 bridgehead atoms. The fourth-order valence-electron chi connectivity index (χ4n) is 4.25. The normalized spacial score (nSPS) is 15.6. The van der Waals surface area contributed by atoms with Crippen molar-refractivity contribution in [2.45, 2.75) is 25.6 Å². The van der Waals surface area contributed by atoms with Gasteiger partial charge >= 0.3 is 6.03 Å². The lowest BCUT2D eigenvalue weighted by atomic mass is 10.1. The topological polar surface area (TPSA) is 98.7 Å². The van der Waals surface area contributed by atoms with Crippen molar-refractivity contribution in [3.8, 4) is 0 Å². The molecule has 1 saturated heterocycles. The Labute approximate surface area is 196 Å². The van der Waals surface area contributed by atoms with E-state index in [0.717, 1.165) is 26.9 Å². The van der Waals surface area contributed by atoms with E-state index in [4.69, 9.17) is 4.42 Å². The van der Waals surface area contributed by atoms with Crippen LogP contribution in [-0.2, 0) is 29.1 Å². The zero-order valence-corrected chi connectivity index (χ0v) is 18.4. The Morgan fingerprint density at radius 1 is 0.971 bits per heavy atom. The smallest absolute Gasteiger partial charge is 0.325 e. The second kappa shape index (κ2) is 9.27. The number of benzene rings is 2. The van der Waals surface area contributed by atoms with Crippen molar-refractivity contribution >= 4 is 28.7 Å². The summed E-state index contributed by atoms with van der Waals surface area (Å²) in [6.07, 6.45) is 3.75. The number of nitrogens with one attached hydrogen (secondary N) is 2. The number of H-pyrrole nitrogens is 1. The van der Waals surface area contributed by atoms with Gasteiger partial charge in [-0.1, -0.05) is 48.5 Å². The lowest BCUT2D eigenvalue weighted by molar-refractivity contribution is -0.138. The van der Waals surface area contributed by atoms with E-state index < -0.39 is 18.0 Å². The van der Waals surface area contributed by atoms with E-state index in [1.165, 1.54) is 0 Å². The highest BCUT2D eigenvalue weighted by atomic mass is 16.3. The molecule has 1 aliphatic rings. The van der Waals surface area contributed by atoms with Gasteiger partial charge < -0.3 is 19.6 Å². The summed E-state index contributed by atoms with van der Waals surface area (Å²) in [7, 11) is 0. The number of rotatable bonds is 8. The van der Waals surface area contributed by atoms with Gasteiger partial charge in [0.15, 0.2) is 0 Å². The van der Waals surface area contributed by atoms with Crippen LogP contribution in [0.4, 0.5) is 4.79 Å².